The number of nitrogens with two attached hydrogens (primary N) is 1. The van der Waals surface area contributed by atoms with Gasteiger partial charge in [-0.05, 0) is 40.2 Å². The fraction of sp³-hybridized carbons (Fsp3) is 1.00. The van der Waals surface area contributed by atoms with Crippen molar-refractivity contribution in [1.29, 1.82) is 0 Å². The van der Waals surface area contributed by atoms with Crippen LogP contribution in [-0.4, -0.2) is 32.3 Å². The van der Waals surface area contributed by atoms with Gasteiger partial charge in [0, 0.05) is 26.2 Å². The van der Waals surface area contributed by atoms with E-state index in [0.29, 0.717) is 19.8 Å². The first-order valence-corrected chi connectivity index (χ1v) is 10.3. The molecule has 0 spiro atoms. The van der Waals surface area contributed by atoms with Crippen molar-refractivity contribution in [3.63, 3.8) is 0 Å². The first-order valence-electron chi connectivity index (χ1n) is 10.3. The Hall–Kier alpha value is -0.160. The van der Waals surface area contributed by atoms with Gasteiger partial charge in [-0.15, -0.1) is 0 Å². The molecule has 0 aliphatic heterocycles. The van der Waals surface area contributed by atoms with Gasteiger partial charge in [0.1, 0.15) is 0 Å². The van der Waals surface area contributed by atoms with Gasteiger partial charge in [-0.2, -0.15) is 0 Å². The predicted molar refractivity (Wildman–Crippen MR) is 104 cm³/mol. The van der Waals surface area contributed by atoms with Gasteiger partial charge in [-0.25, -0.2) is 0 Å². The molecule has 148 valence electrons. The highest BCUT2D eigenvalue weighted by molar-refractivity contribution is 4.59. The number of rotatable bonds is 16. The maximum Gasteiger partial charge on any atom is 0.282 e. The van der Waals surface area contributed by atoms with E-state index in [2.05, 4.69) is 13.8 Å². The third kappa shape index (κ3) is 16.7. The number of ether oxygens (including phenoxy) is 3. The molecule has 0 aromatic carbocycles. The molecule has 0 saturated carbocycles. The molecular formula is C20H45NO3. The summed E-state index contributed by atoms with van der Waals surface area (Å²) < 4.78 is 17.1. The fourth-order valence-corrected chi connectivity index (χ4v) is 2.50. The predicted octanol–water partition coefficient (Wildman–Crippen LogP) is 5.64. The van der Waals surface area contributed by atoms with Crippen molar-refractivity contribution in [2.45, 2.75) is 105 Å². The normalized spacial score (nSPS) is 11.2. The minimum absolute atomic E-state index is 0.622. The molecular weight excluding hydrogens is 302 g/mol. The van der Waals surface area contributed by atoms with E-state index < -0.39 is 5.97 Å². The molecule has 0 aliphatic rings. The zero-order valence-electron chi connectivity index (χ0n) is 17.2. The summed E-state index contributed by atoms with van der Waals surface area (Å²) in [5.74, 6) is -0.804. The Balaban J connectivity index is 0. The molecule has 0 aromatic heterocycles. The van der Waals surface area contributed by atoms with Crippen LogP contribution in [0.1, 0.15) is 98.8 Å². The molecule has 0 unspecified atom stereocenters. The van der Waals surface area contributed by atoms with Crippen LogP contribution in [0.25, 0.3) is 0 Å². The van der Waals surface area contributed by atoms with E-state index in [1.54, 1.807) is 0 Å². The Morgan fingerprint density at radius 3 is 1.33 bits per heavy atom. The van der Waals surface area contributed by atoms with Crippen LogP contribution in [0, 0.1) is 0 Å². The topological polar surface area (TPSA) is 53.7 Å². The largest absolute Gasteiger partial charge is 0.330 e. The van der Waals surface area contributed by atoms with Gasteiger partial charge >= 0.3 is 0 Å². The van der Waals surface area contributed by atoms with Crippen LogP contribution >= 0.6 is 0 Å². The zero-order chi connectivity index (χ0) is 18.5. The van der Waals surface area contributed by atoms with Gasteiger partial charge in [-0.1, -0.05) is 58.8 Å². The van der Waals surface area contributed by atoms with Crippen molar-refractivity contribution in [1.82, 2.24) is 0 Å². The molecule has 0 heterocycles. The average Bonchev–Trinajstić information content (AvgIpc) is 2.56. The highest BCUT2D eigenvalue weighted by Gasteiger charge is 2.31. The first kappa shape index (κ1) is 26.1. The minimum Gasteiger partial charge on any atom is -0.330 e. The third-order valence-electron chi connectivity index (χ3n) is 3.74. The summed E-state index contributed by atoms with van der Waals surface area (Å²) in [6.07, 6.45) is 12.2. The summed E-state index contributed by atoms with van der Waals surface area (Å²) in [4.78, 5) is 0. The highest BCUT2D eigenvalue weighted by Crippen LogP contribution is 2.24. The average molecular weight is 348 g/mol. The van der Waals surface area contributed by atoms with Gasteiger partial charge in [-0.3, -0.25) is 0 Å². The molecule has 0 amide bonds. The van der Waals surface area contributed by atoms with E-state index in [9.17, 15) is 0 Å². The Kier molecular flexibility index (Phi) is 22.7. The second-order valence-corrected chi connectivity index (χ2v) is 6.00. The Morgan fingerprint density at radius 2 is 1.00 bits per heavy atom. The van der Waals surface area contributed by atoms with E-state index >= 15 is 0 Å². The summed E-state index contributed by atoms with van der Waals surface area (Å²) in [7, 11) is 0. The molecule has 24 heavy (non-hydrogen) atoms. The lowest BCUT2D eigenvalue weighted by atomic mass is 10.1. The zero-order valence-corrected chi connectivity index (χ0v) is 17.2. The lowest BCUT2D eigenvalue weighted by Crippen LogP contribution is -2.39. The van der Waals surface area contributed by atoms with Gasteiger partial charge in [0.2, 0.25) is 0 Å². The van der Waals surface area contributed by atoms with Crippen LogP contribution in [0.4, 0.5) is 0 Å². The molecule has 4 nitrogen and oxygen atoms in total. The van der Waals surface area contributed by atoms with Crippen LogP contribution in [0.2, 0.25) is 0 Å². The number of hydrogen-bond acceptors (Lipinski definition) is 4. The van der Waals surface area contributed by atoms with Gasteiger partial charge in [0.25, 0.3) is 5.97 Å². The van der Waals surface area contributed by atoms with Crippen molar-refractivity contribution < 1.29 is 14.2 Å². The Bertz CT molecular complexity index is 206. The van der Waals surface area contributed by atoms with E-state index in [1.165, 1.54) is 51.4 Å². The van der Waals surface area contributed by atoms with Gasteiger partial charge in [0.05, 0.1) is 0 Å². The fourth-order valence-electron chi connectivity index (χ4n) is 2.50. The second kappa shape index (κ2) is 20.9. The second-order valence-electron chi connectivity index (χ2n) is 6.00. The summed E-state index contributed by atoms with van der Waals surface area (Å²) in [6.45, 7) is 13.0. The molecule has 0 atom stereocenters. The van der Waals surface area contributed by atoms with Crippen molar-refractivity contribution in [2.75, 3.05) is 26.4 Å². The SMILES string of the molecule is CCCCCCCCCC(OCC)(OCC)OCC.CCCCN. The molecule has 0 fully saturated rings. The summed E-state index contributed by atoms with van der Waals surface area (Å²) in [5, 5.41) is 0. The monoisotopic (exact) mass is 347 g/mol. The van der Waals surface area contributed by atoms with Crippen LogP contribution in [0.15, 0.2) is 0 Å². The van der Waals surface area contributed by atoms with E-state index in [0.717, 1.165) is 19.4 Å². The smallest absolute Gasteiger partial charge is 0.282 e. The van der Waals surface area contributed by atoms with Crippen molar-refractivity contribution in [2.24, 2.45) is 5.73 Å². The lowest BCUT2D eigenvalue weighted by Gasteiger charge is -2.32. The van der Waals surface area contributed by atoms with Crippen LogP contribution in [0.3, 0.4) is 0 Å². The van der Waals surface area contributed by atoms with E-state index in [-0.39, 0.29) is 0 Å². The van der Waals surface area contributed by atoms with Gasteiger partial charge < -0.3 is 19.9 Å². The molecule has 0 aromatic rings. The van der Waals surface area contributed by atoms with Crippen LogP contribution < -0.4 is 5.73 Å². The summed E-state index contributed by atoms with van der Waals surface area (Å²) in [5.41, 5.74) is 5.14. The quantitative estimate of drug-likeness (QED) is 0.290. The number of unbranched alkanes of at least 4 members (excludes halogenated alkanes) is 7. The van der Waals surface area contributed by atoms with Crippen molar-refractivity contribution >= 4 is 0 Å². The molecule has 4 heteroatoms. The summed E-state index contributed by atoms with van der Waals surface area (Å²) in [6, 6.07) is 0. The summed E-state index contributed by atoms with van der Waals surface area (Å²) >= 11 is 0. The molecule has 0 aliphatic carbocycles. The number of hydrogen-bond donors (Lipinski definition) is 1. The molecule has 2 N–H and O–H groups in total. The van der Waals surface area contributed by atoms with Gasteiger partial charge in [0.15, 0.2) is 0 Å². The van der Waals surface area contributed by atoms with Crippen LogP contribution in [-0.2, 0) is 14.2 Å². The van der Waals surface area contributed by atoms with Crippen LogP contribution in [0.5, 0.6) is 0 Å². The van der Waals surface area contributed by atoms with E-state index in [4.69, 9.17) is 19.9 Å². The molecule has 0 saturated heterocycles. The molecule has 0 bridgehead atoms. The standard InChI is InChI=1S/C16H34O3.C4H11N/c1-5-9-10-11-12-13-14-15-16(17-6-2,18-7-3)19-8-4;1-2-3-4-5/h5-15H2,1-4H3;2-5H2,1H3. The highest BCUT2D eigenvalue weighted by atomic mass is 16.9. The lowest BCUT2D eigenvalue weighted by molar-refractivity contribution is -0.380. The third-order valence-corrected chi connectivity index (χ3v) is 3.74. The maximum absolute atomic E-state index is 5.71. The Labute approximate surface area is 151 Å². The van der Waals surface area contributed by atoms with Crippen molar-refractivity contribution in [3.8, 4) is 0 Å². The first-order chi connectivity index (χ1) is 11.7. The molecule has 0 rings (SSSR count). The Morgan fingerprint density at radius 1 is 0.583 bits per heavy atom. The maximum atomic E-state index is 5.71. The minimum atomic E-state index is -0.804. The molecule has 0 radical (unpaired) electrons. The van der Waals surface area contributed by atoms with Crippen molar-refractivity contribution in [3.05, 3.63) is 0 Å². The van der Waals surface area contributed by atoms with E-state index in [1.807, 2.05) is 20.8 Å².